The van der Waals surface area contributed by atoms with Crippen LogP contribution >= 0.6 is 0 Å². The zero-order valence-electron chi connectivity index (χ0n) is 11.3. The molecule has 0 aliphatic heterocycles. The molecule has 0 bridgehead atoms. The van der Waals surface area contributed by atoms with Crippen molar-refractivity contribution in [2.45, 2.75) is 59.5 Å². The van der Waals surface area contributed by atoms with Gasteiger partial charge in [0.2, 0.25) is 0 Å². The molecule has 1 N–H and O–H groups in total. The number of rotatable bonds is 6. The average Bonchev–Trinajstić information content (AvgIpc) is 2.54. The minimum Gasteiger partial charge on any atom is -0.313 e. The van der Waals surface area contributed by atoms with E-state index >= 15 is 0 Å². The lowest BCUT2D eigenvalue weighted by atomic mass is 10.1. The Morgan fingerprint density at radius 1 is 1.31 bits per heavy atom. The van der Waals surface area contributed by atoms with Crippen molar-refractivity contribution in [3.63, 3.8) is 0 Å². The van der Waals surface area contributed by atoms with Crippen molar-refractivity contribution in [2.75, 3.05) is 7.05 Å². The van der Waals surface area contributed by atoms with Crippen molar-refractivity contribution in [3.8, 4) is 0 Å². The lowest BCUT2D eigenvalue weighted by molar-refractivity contribution is 0.537. The number of hydrogen-bond acceptors (Lipinski definition) is 2. The summed E-state index contributed by atoms with van der Waals surface area (Å²) in [7, 11) is 2.00. The van der Waals surface area contributed by atoms with Crippen molar-refractivity contribution in [1.82, 2.24) is 15.1 Å². The van der Waals surface area contributed by atoms with E-state index in [-0.39, 0.29) is 0 Å². The first-order valence-electron chi connectivity index (χ1n) is 6.33. The van der Waals surface area contributed by atoms with Crippen LogP contribution in [0, 0.1) is 13.8 Å². The molecule has 1 atom stereocenters. The summed E-state index contributed by atoms with van der Waals surface area (Å²) in [5.74, 6) is 0. The smallest absolute Gasteiger partial charge is 0.0644 e. The van der Waals surface area contributed by atoms with E-state index in [0.717, 1.165) is 12.2 Å². The largest absolute Gasteiger partial charge is 0.313 e. The fourth-order valence-corrected chi connectivity index (χ4v) is 2.21. The molecule has 0 radical (unpaired) electrons. The number of aromatic nitrogens is 2. The van der Waals surface area contributed by atoms with E-state index < -0.39 is 0 Å². The topological polar surface area (TPSA) is 29.9 Å². The van der Waals surface area contributed by atoms with E-state index in [9.17, 15) is 0 Å². The lowest BCUT2D eigenvalue weighted by Crippen LogP contribution is -2.14. The second-order valence-electron chi connectivity index (χ2n) is 4.53. The van der Waals surface area contributed by atoms with Gasteiger partial charge in [-0.3, -0.25) is 4.68 Å². The molecule has 1 unspecified atom stereocenters. The normalized spacial score (nSPS) is 13.1. The van der Waals surface area contributed by atoms with Crippen molar-refractivity contribution in [1.29, 1.82) is 0 Å². The SMILES string of the molecule is CCCCCn1nc(C)c(C(C)NC)c1C. The van der Waals surface area contributed by atoms with Crippen LogP contribution in [0.1, 0.15) is 56.1 Å². The van der Waals surface area contributed by atoms with E-state index in [1.54, 1.807) is 0 Å². The van der Waals surface area contributed by atoms with Crippen LogP contribution in [0.5, 0.6) is 0 Å². The molecule has 1 heterocycles. The highest BCUT2D eigenvalue weighted by Crippen LogP contribution is 2.21. The Morgan fingerprint density at radius 2 is 2.00 bits per heavy atom. The average molecular weight is 223 g/mol. The predicted molar refractivity (Wildman–Crippen MR) is 68.7 cm³/mol. The Morgan fingerprint density at radius 3 is 2.56 bits per heavy atom. The first-order valence-corrected chi connectivity index (χ1v) is 6.33. The van der Waals surface area contributed by atoms with Gasteiger partial charge in [0.15, 0.2) is 0 Å². The summed E-state index contributed by atoms with van der Waals surface area (Å²) in [6, 6.07) is 0.389. The van der Waals surface area contributed by atoms with Gasteiger partial charge >= 0.3 is 0 Å². The van der Waals surface area contributed by atoms with Crippen LogP contribution in [0.25, 0.3) is 0 Å². The number of nitrogens with one attached hydrogen (secondary N) is 1. The molecular weight excluding hydrogens is 198 g/mol. The highest BCUT2D eigenvalue weighted by atomic mass is 15.3. The maximum absolute atomic E-state index is 4.63. The quantitative estimate of drug-likeness (QED) is 0.751. The molecule has 0 fully saturated rings. The molecular formula is C13H25N3. The summed E-state index contributed by atoms with van der Waals surface area (Å²) in [6.45, 7) is 9.75. The Hall–Kier alpha value is -0.830. The maximum Gasteiger partial charge on any atom is 0.0644 e. The van der Waals surface area contributed by atoms with Gasteiger partial charge in [0.1, 0.15) is 0 Å². The molecule has 0 aliphatic rings. The summed E-state index contributed by atoms with van der Waals surface area (Å²) in [5.41, 5.74) is 3.84. The second-order valence-corrected chi connectivity index (χ2v) is 4.53. The number of unbranched alkanes of at least 4 members (excludes halogenated alkanes) is 2. The lowest BCUT2D eigenvalue weighted by Gasteiger charge is -2.11. The van der Waals surface area contributed by atoms with Gasteiger partial charge in [0.25, 0.3) is 0 Å². The summed E-state index contributed by atoms with van der Waals surface area (Å²) in [5, 5.41) is 7.92. The molecule has 0 aliphatic carbocycles. The molecule has 1 aromatic heterocycles. The molecule has 0 spiro atoms. The predicted octanol–water partition coefficient (Wildman–Crippen LogP) is 2.97. The molecule has 0 aromatic carbocycles. The van der Waals surface area contributed by atoms with Gasteiger partial charge in [0, 0.05) is 23.8 Å². The van der Waals surface area contributed by atoms with Crippen molar-refractivity contribution < 1.29 is 0 Å². The molecule has 3 nitrogen and oxygen atoms in total. The monoisotopic (exact) mass is 223 g/mol. The van der Waals surface area contributed by atoms with Crippen LogP contribution < -0.4 is 5.32 Å². The summed E-state index contributed by atoms with van der Waals surface area (Å²) in [4.78, 5) is 0. The minimum atomic E-state index is 0.389. The van der Waals surface area contributed by atoms with Gasteiger partial charge in [-0.25, -0.2) is 0 Å². The number of nitrogens with zero attached hydrogens (tertiary/aromatic N) is 2. The van der Waals surface area contributed by atoms with E-state index in [4.69, 9.17) is 0 Å². The van der Waals surface area contributed by atoms with Crippen LogP contribution in [0.4, 0.5) is 0 Å². The molecule has 0 amide bonds. The zero-order chi connectivity index (χ0) is 12.1. The fraction of sp³-hybridized carbons (Fsp3) is 0.769. The standard InChI is InChI=1S/C13H25N3/c1-6-7-8-9-16-12(4)13(10(2)14-5)11(3)15-16/h10,14H,6-9H2,1-5H3. The molecule has 0 saturated heterocycles. The number of aryl methyl sites for hydroxylation is 2. The Kier molecular flexibility index (Phi) is 5.00. The van der Waals surface area contributed by atoms with E-state index in [0.29, 0.717) is 6.04 Å². The van der Waals surface area contributed by atoms with Crippen LogP contribution in [0.3, 0.4) is 0 Å². The summed E-state index contributed by atoms with van der Waals surface area (Å²) >= 11 is 0. The third-order valence-corrected chi connectivity index (χ3v) is 3.28. The first kappa shape index (κ1) is 13.2. The summed E-state index contributed by atoms with van der Waals surface area (Å²) < 4.78 is 2.16. The Labute approximate surface area is 99.2 Å². The van der Waals surface area contributed by atoms with Gasteiger partial charge < -0.3 is 5.32 Å². The summed E-state index contributed by atoms with van der Waals surface area (Å²) in [6.07, 6.45) is 3.78. The highest BCUT2D eigenvalue weighted by molar-refractivity contribution is 5.27. The van der Waals surface area contributed by atoms with E-state index in [1.807, 2.05) is 7.05 Å². The first-order chi connectivity index (χ1) is 7.61. The van der Waals surface area contributed by atoms with Crippen molar-refractivity contribution in [3.05, 3.63) is 17.0 Å². The molecule has 3 heteroatoms. The van der Waals surface area contributed by atoms with Crippen LogP contribution in [-0.2, 0) is 6.54 Å². The van der Waals surface area contributed by atoms with E-state index in [2.05, 4.69) is 42.8 Å². The maximum atomic E-state index is 4.63. The van der Waals surface area contributed by atoms with Crippen molar-refractivity contribution >= 4 is 0 Å². The van der Waals surface area contributed by atoms with Gasteiger partial charge in [0.05, 0.1) is 5.69 Å². The molecule has 16 heavy (non-hydrogen) atoms. The molecule has 1 rings (SSSR count). The van der Waals surface area contributed by atoms with Crippen LogP contribution in [0.2, 0.25) is 0 Å². The van der Waals surface area contributed by atoms with Crippen LogP contribution in [-0.4, -0.2) is 16.8 Å². The fourth-order valence-electron chi connectivity index (χ4n) is 2.21. The molecule has 1 aromatic rings. The van der Waals surface area contributed by atoms with Gasteiger partial charge in [-0.2, -0.15) is 5.10 Å². The van der Waals surface area contributed by atoms with Gasteiger partial charge in [-0.15, -0.1) is 0 Å². The van der Waals surface area contributed by atoms with Crippen molar-refractivity contribution in [2.24, 2.45) is 0 Å². The third kappa shape index (κ3) is 2.85. The van der Waals surface area contributed by atoms with Gasteiger partial charge in [-0.05, 0) is 34.2 Å². The Bertz CT molecular complexity index is 328. The van der Waals surface area contributed by atoms with E-state index in [1.165, 1.54) is 30.5 Å². The second kappa shape index (κ2) is 6.04. The van der Waals surface area contributed by atoms with Crippen LogP contribution in [0.15, 0.2) is 0 Å². The highest BCUT2D eigenvalue weighted by Gasteiger charge is 2.15. The number of hydrogen-bond donors (Lipinski definition) is 1. The third-order valence-electron chi connectivity index (χ3n) is 3.28. The zero-order valence-corrected chi connectivity index (χ0v) is 11.3. The minimum absolute atomic E-state index is 0.389. The molecule has 92 valence electrons. The molecule has 0 saturated carbocycles. The Balaban J connectivity index is 2.80. The van der Waals surface area contributed by atoms with Gasteiger partial charge in [-0.1, -0.05) is 19.8 Å².